The highest BCUT2D eigenvalue weighted by atomic mass is 16.5. The number of amides is 2. The highest BCUT2D eigenvalue weighted by molar-refractivity contribution is 5.88. The summed E-state index contributed by atoms with van der Waals surface area (Å²) in [7, 11) is 3.05. The van der Waals surface area contributed by atoms with Gasteiger partial charge in [0.05, 0.1) is 32.8 Å². The molecule has 0 bridgehead atoms. The van der Waals surface area contributed by atoms with Gasteiger partial charge in [0.15, 0.2) is 11.6 Å². The number of ketones is 2. The van der Waals surface area contributed by atoms with Gasteiger partial charge in [-0.1, -0.05) is 54.6 Å². The number of hydrogen-bond acceptors (Lipinski definition) is 10. The van der Waals surface area contributed by atoms with Crippen LogP contribution in [0.1, 0.15) is 55.2 Å². The van der Waals surface area contributed by atoms with Gasteiger partial charge in [-0.15, -0.1) is 0 Å². The normalized spacial score (nSPS) is 11.5. The lowest BCUT2D eigenvalue weighted by Gasteiger charge is -2.18. The van der Waals surface area contributed by atoms with Gasteiger partial charge < -0.3 is 34.3 Å². The van der Waals surface area contributed by atoms with Crippen molar-refractivity contribution < 1.29 is 47.7 Å². The summed E-state index contributed by atoms with van der Waals surface area (Å²) in [5.74, 6) is -2.02. The molecule has 1 atom stereocenters. The maximum absolute atomic E-state index is 12.9. The van der Waals surface area contributed by atoms with Gasteiger partial charge in [0.1, 0.15) is 25.9 Å². The Morgan fingerprint density at radius 2 is 1.27 bits per heavy atom. The first kappa shape index (κ1) is 41.2. The summed E-state index contributed by atoms with van der Waals surface area (Å²) < 4.78 is 25.3. The largest absolute Gasteiger partial charge is 0.458 e. The van der Waals surface area contributed by atoms with E-state index in [1.807, 2.05) is 30.3 Å². The van der Waals surface area contributed by atoms with Crippen LogP contribution in [0.3, 0.4) is 0 Å². The van der Waals surface area contributed by atoms with Crippen LogP contribution in [-0.4, -0.2) is 102 Å². The molecule has 2 aromatic rings. The number of Topliss-reactive ketones (excluding diaryl/α,β-unsaturated/α-hetero) is 2. The first-order valence-electron chi connectivity index (χ1n) is 16.8. The molecule has 0 unspecified atom stereocenters. The second-order valence-electron chi connectivity index (χ2n) is 11.6. The number of esters is 1. The topological polar surface area (TPSA) is 156 Å². The van der Waals surface area contributed by atoms with Crippen molar-refractivity contribution in [3.63, 3.8) is 0 Å². The van der Waals surface area contributed by atoms with E-state index in [-0.39, 0.29) is 70.2 Å². The van der Waals surface area contributed by atoms with Crippen molar-refractivity contribution in [3.05, 3.63) is 71.3 Å². The maximum atomic E-state index is 12.9. The summed E-state index contributed by atoms with van der Waals surface area (Å²) in [6.07, 6.45) is 4.89. The zero-order valence-corrected chi connectivity index (χ0v) is 28.9. The lowest BCUT2D eigenvalue weighted by atomic mass is 10.0. The Bertz CT molecular complexity index is 1250. The fraction of sp³-hybridized carbons (Fsp3) is 0.541. The Morgan fingerprint density at radius 3 is 1.92 bits per heavy atom. The average molecular weight is 685 g/mol. The first-order chi connectivity index (χ1) is 23.8. The van der Waals surface area contributed by atoms with Crippen molar-refractivity contribution >= 4 is 29.4 Å². The smallest absolute Gasteiger partial charge is 0.308 e. The SMILES string of the molecule is COCCOCC(=O)CCC[C@H](NC(=O)COCCOC)C(=O)NCCC(=O)OCC(=O)Cc1ccc(CCCCc2ccccc2)cc1. The Morgan fingerprint density at radius 1 is 0.653 bits per heavy atom. The summed E-state index contributed by atoms with van der Waals surface area (Å²) in [6, 6.07) is 17.4. The monoisotopic (exact) mass is 684 g/mol. The fourth-order valence-electron chi connectivity index (χ4n) is 4.77. The first-order valence-corrected chi connectivity index (χ1v) is 16.8. The predicted molar refractivity (Wildman–Crippen MR) is 183 cm³/mol. The number of methoxy groups -OCH3 is 2. The summed E-state index contributed by atoms with van der Waals surface area (Å²) in [4.78, 5) is 62.0. The van der Waals surface area contributed by atoms with E-state index in [9.17, 15) is 24.0 Å². The molecule has 2 aromatic carbocycles. The van der Waals surface area contributed by atoms with E-state index in [4.69, 9.17) is 23.7 Å². The third kappa shape index (κ3) is 20.2. The summed E-state index contributed by atoms with van der Waals surface area (Å²) >= 11 is 0. The molecule has 49 heavy (non-hydrogen) atoms. The number of carbonyl (C=O) groups is 5. The molecule has 0 radical (unpaired) electrons. The van der Waals surface area contributed by atoms with Gasteiger partial charge >= 0.3 is 5.97 Å². The Kier molecular flexibility index (Phi) is 21.8. The molecule has 270 valence electrons. The van der Waals surface area contributed by atoms with Gasteiger partial charge in [-0.25, -0.2) is 0 Å². The molecule has 0 heterocycles. The van der Waals surface area contributed by atoms with Crippen LogP contribution in [-0.2, 0) is 66.9 Å². The van der Waals surface area contributed by atoms with Crippen LogP contribution in [0.4, 0.5) is 0 Å². The maximum Gasteiger partial charge on any atom is 0.308 e. The third-order valence-electron chi connectivity index (χ3n) is 7.43. The fourth-order valence-corrected chi connectivity index (χ4v) is 4.77. The summed E-state index contributed by atoms with van der Waals surface area (Å²) in [5, 5.41) is 5.23. The molecule has 2 amide bonds. The second-order valence-corrected chi connectivity index (χ2v) is 11.6. The van der Waals surface area contributed by atoms with Crippen LogP contribution in [0.25, 0.3) is 0 Å². The van der Waals surface area contributed by atoms with Crippen LogP contribution in [0.2, 0.25) is 0 Å². The molecule has 0 aliphatic heterocycles. The molecular formula is C37H52N2O10. The van der Waals surface area contributed by atoms with E-state index in [0.717, 1.165) is 31.2 Å². The van der Waals surface area contributed by atoms with E-state index >= 15 is 0 Å². The van der Waals surface area contributed by atoms with E-state index in [1.165, 1.54) is 25.3 Å². The van der Waals surface area contributed by atoms with E-state index in [1.54, 1.807) is 0 Å². The number of aryl methyl sites for hydroxylation is 2. The number of hydrogen-bond donors (Lipinski definition) is 2. The van der Waals surface area contributed by atoms with Gasteiger partial charge in [-0.2, -0.15) is 0 Å². The zero-order chi connectivity index (χ0) is 35.5. The number of rotatable bonds is 28. The minimum Gasteiger partial charge on any atom is -0.458 e. The van der Waals surface area contributed by atoms with Crippen LogP contribution in [0, 0.1) is 0 Å². The van der Waals surface area contributed by atoms with Gasteiger partial charge in [0.2, 0.25) is 11.8 Å². The van der Waals surface area contributed by atoms with Gasteiger partial charge in [0, 0.05) is 33.6 Å². The molecule has 2 rings (SSSR count). The molecule has 0 saturated carbocycles. The van der Waals surface area contributed by atoms with Crippen LogP contribution in [0.5, 0.6) is 0 Å². The molecular weight excluding hydrogens is 632 g/mol. The molecule has 0 fully saturated rings. The Balaban J connectivity index is 1.69. The van der Waals surface area contributed by atoms with E-state index in [0.29, 0.717) is 26.2 Å². The van der Waals surface area contributed by atoms with Crippen molar-refractivity contribution in [3.8, 4) is 0 Å². The van der Waals surface area contributed by atoms with Crippen molar-refractivity contribution in [1.29, 1.82) is 0 Å². The average Bonchev–Trinajstić information content (AvgIpc) is 3.10. The molecule has 2 N–H and O–H groups in total. The molecule has 12 nitrogen and oxygen atoms in total. The quantitative estimate of drug-likeness (QED) is 0.101. The Labute approximate surface area is 289 Å². The minimum atomic E-state index is -0.945. The lowest BCUT2D eigenvalue weighted by molar-refractivity contribution is -0.147. The molecule has 12 heteroatoms. The highest BCUT2D eigenvalue weighted by Gasteiger charge is 2.21. The predicted octanol–water partition coefficient (Wildman–Crippen LogP) is 2.96. The van der Waals surface area contributed by atoms with Crippen molar-refractivity contribution in [2.45, 2.75) is 63.8 Å². The molecule has 0 aromatic heterocycles. The Hall–Kier alpha value is -3.97. The number of carbonyl (C=O) groups excluding carboxylic acids is 5. The van der Waals surface area contributed by atoms with E-state index < -0.39 is 23.8 Å². The molecule has 0 aliphatic rings. The second kappa shape index (κ2) is 26.0. The van der Waals surface area contributed by atoms with Gasteiger partial charge in [0.25, 0.3) is 0 Å². The standard InChI is InChI=1S/C37H52N2O10/c1-45-21-23-47-26-32(40)13-8-14-34(39-35(42)28-48-24-22-46-2)37(44)38-20-19-36(43)49-27-33(41)25-31-17-15-30(16-18-31)12-7-6-11-29-9-4-3-5-10-29/h3-5,9-10,15-18,34H,6-8,11-14,19-28H2,1-2H3,(H,38,44)(H,39,42)/t34-/m0/s1. The summed E-state index contributed by atoms with van der Waals surface area (Å²) in [5.41, 5.74) is 3.40. The van der Waals surface area contributed by atoms with Gasteiger partial charge in [-0.3, -0.25) is 24.0 Å². The van der Waals surface area contributed by atoms with Crippen LogP contribution >= 0.6 is 0 Å². The van der Waals surface area contributed by atoms with Crippen molar-refractivity contribution in [1.82, 2.24) is 10.6 Å². The van der Waals surface area contributed by atoms with Crippen LogP contribution < -0.4 is 10.6 Å². The third-order valence-corrected chi connectivity index (χ3v) is 7.43. The van der Waals surface area contributed by atoms with E-state index in [2.05, 4.69) is 34.9 Å². The molecule has 0 saturated heterocycles. The highest BCUT2D eigenvalue weighted by Crippen LogP contribution is 2.11. The number of benzene rings is 2. The molecule has 0 spiro atoms. The minimum absolute atomic E-state index is 0.0539. The lowest BCUT2D eigenvalue weighted by Crippen LogP contribution is -2.48. The van der Waals surface area contributed by atoms with Crippen molar-refractivity contribution in [2.75, 3.05) is 67.0 Å². The molecule has 0 aliphatic carbocycles. The van der Waals surface area contributed by atoms with Crippen LogP contribution in [0.15, 0.2) is 54.6 Å². The number of nitrogens with one attached hydrogen (secondary N) is 2. The van der Waals surface area contributed by atoms with Gasteiger partial charge in [-0.05, 0) is 55.2 Å². The number of unbranched alkanes of at least 4 members (excludes halogenated alkanes) is 1. The van der Waals surface area contributed by atoms with Crippen molar-refractivity contribution in [2.24, 2.45) is 0 Å². The number of ether oxygens (including phenoxy) is 5. The summed E-state index contributed by atoms with van der Waals surface area (Å²) in [6.45, 7) is 0.463. The zero-order valence-electron chi connectivity index (χ0n) is 28.9.